The molecule has 1 fully saturated rings. The van der Waals surface area contributed by atoms with Crippen LogP contribution in [0.5, 0.6) is 0 Å². The van der Waals surface area contributed by atoms with Gasteiger partial charge in [0.05, 0.1) is 17.5 Å². The summed E-state index contributed by atoms with van der Waals surface area (Å²) in [5, 5.41) is 4.37. The number of carbonyl (C=O) groups excluding carboxylic acids is 1. The number of hydrogen-bond acceptors (Lipinski definition) is 4. The van der Waals surface area contributed by atoms with Crippen molar-refractivity contribution in [2.45, 2.75) is 19.8 Å². The summed E-state index contributed by atoms with van der Waals surface area (Å²) in [6.07, 6.45) is 5.10. The highest BCUT2D eigenvalue weighted by Crippen LogP contribution is 2.21. The van der Waals surface area contributed by atoms with Gasteiger partial charge in [-0.1, -0.05) is 13.0 Å². The zero-order chi connectivity index (χ0) is 15.5. The number of carbonyl (C=O) groups is 1. The van der Waals surface area contributed by atoms with Gasteiger partial charge >= 0.3 is 0 Å². The molecule has 132 valence electrons. The van der Waals surface area contributed by atoms with E-state index >= 15 is 0 Å². The number of rotatable bonds is 4. The van der Waals surface area contributed by atoms with Crippen molar-refractivity contribution < 1.29 is 4.79 Å². The minimum Gasteiger partial charge on any atom is -0.338 e. The van der Waals surface area contributed by atoms with Crippen LogP contribution < -0.4 is 5.73 Å². The summed E-state index contributed by atoms with van der Waals surface area (Å²) in [7, 11) is 0. The standard InChI is InChI=1S/C16H21N5O.2ClH/c1-2-14-13(16(22)20-8-6-12(9-17)11-20)10-19-21(14)15-5-3-4-7-18-15;;/h3-5,7,10,12H,2,6,8-9,11,17H2,1H3;2*1H. The SMILES string of the molecule is CCc1c(C(=O)N2CCC(CN)C2)cnn1-c1ccccn1.Cl.Cl. The van der Waals surface area contributed by atoms with Gasteiger partial charge in [0, 0.05) is 19.3 Å². The van der Waals surface area contributed by atoms with Crippen LogP contribution in [0.15, 0.2) is 30.6 Å². The summed E-state index contributed by atoms with van der Waals surface area (Å²) in [6, 6.07) is 5.67. The molecule has 6 nitrogen and oxygen atoms in total. The van der Waals surface area contributed by atoms with Gasteiger partial charge in [-0.25, -0.2) is 9.67 Å². The largest absolute Gasteiger partial charge is 0.338 e. The van der Waals surface area contributed by atoms with E-state index in [1.54, 1.807) is 17.1 Å². The fourth-order valence-electron chi connectivity index (χ4n) is 2.95. The van der Waals surface area contributed by atoms with Gasteiger partial charge in [-0.15, -0.1) is 24.8 Å². The van der Waals surface area contributed by atoms with Crippen molar-refractivity contribution >= 4 is 30.7 Å². The molecule has 0 radical (unpaired) electrons. The number of nitrogens with two attached hydrogens (primary N) is 1. The van der Waals surface area contributed by atoms with Crippen LogP contribution in [0.4, 0.5) is 0 Å². The maximum Gasteiger partial charge on any atom is 0.257 e. The highest BCUT2D eigenvalue weighted by Gasteiger charge is 2.28. The topological polar surface area (TPSA) is 77.0 Å². The lowest BCUT2D eigenvalue weighted by molar-refractivity contribution is 0.0786. The van der Waals surface area contributed by atoms with Crippen molar-refractivity contribution in [2.75, 3.05) is 19.6 Å². The predicted molar refractivity (Wildman–Crippen MR) is 98.3 cm³/mol. The molecule has 2 N–H and O–H groups in total. The molecule has 0 aromatic carbocycles. The highest BCUT2D eigenvalue weighted by atomic mass is 35.5. The second-order valence-electron chi connectivity index (χ2n) is 5.60. The van der Waals surface area contributed by atoms with E-state index < -0.39 is 0 Å². The van der Waals surface area contributed by atoms with Crippen LogP contribution in [-0.4, -0.2) is 45.2 Å². The van der Waals surface area contributed by atoms with E-state index in [0.29, 0.717) is 18.0 Å². The molecule has 1 amide bonds. The third-order valence-electron chi connectivity index (χ3n) is 4.21. The smallest absolute Gasteiger partial charge is 0.257 e. The van der Waals surface area contributed by atoms with Crippen LogP contribution in [0.25, 0.3) is 5.82 Å². The Balaban J connectivity index is 0.00000144. The Kier molecular flexibility index (Phi) is 7.66. The molecule has 1 unspecified atom stereocenters. The predicted octanol–water partition coefficient (Wildman–Crippen LogP) is 2.09. The average Bonchev–Trinajstić information content (AvgIpc) is 3.21. The molecule has 1 atom stereocenters. The molecule has 2 aromatic heterocycles. The quantitative estimate of drug-likeness (QED) is 0.892. The maximum absolute atomic E-state index is 12.7. The molecular weight excluding hydrogens is 349 g/mol. The lowest BCUT2D eigenvalue weighted by Crippen LogP contribution is -2.30. The lowest BCUT2D eigenvalue weighted by atomic mass is 10.1. The molecule has 1 saturated heterocycles. The molecule has 3 rings (SSSR count). The molecule has 0 aliphatic carbocycles. The Morgan fingerprint density at radius 3 is 2.75 bits per heavy atom. The summed E-state index contributed by atoms with van der Waals surface area (Å²) < 4.78 is 1.75. The molecule has 0 spiro atoms. The fourth-order valence-corrected chi connectivity index (χ4v) is 2.95. The minimum atomic E-state index is 0. The zero-order valence-corrected chi connectivity index (χ0v) is 15.2. The van der Waals surface area contributed by atoms with Crippen molar-refractivity contribution in [1.82, 2.24) is 19.7 Å². The number of amides is 1. The van der Waals surface area contributed by atoms with Crippen molar-refractivity contribution in [1.29, 1.82) is 0 Å². The normalized spacial score (nSPS) is 16.4. The van der Waals surface area contributed by atoms with Crippen molar-refractivity contribution in [3.05, 3.63) is 41.9 Å². The summed E-state index contributed by atoms with van der Waals surface area (Å²) in [4.78, 5) is 18.9. The number of halogens is 2. The first-order valence-electron chi connectivity index (χ1n) is 7.72. The molecule has 0 bridgehead atoms. The molecule has 1 aliphatic heterocycles. The Hall–Kier alpha value is -1.63. The Morgan fingerprint density at radius 1 is 1.38 bits per heavy atom. The first-order valence-corrected chi connectivity index (χ1v) is 7.72. The van der Waals surface area contributed by atoms with Gasteiger partial charge in [0.1, 0.15) is 0 Å². The third-order valence-corrected chi connectivity index (χ3v) is 4.21. The van der Waals surface area contributed by atoms with E-state index in [1.807, 2.05) is 30.0 Å². The van der Waals surface area contributed by atoms with Crippen LogP contribution >= 0.6 is 24.8 Å². The number of pyridine rings is 1. The average molecular weight is 372 g/mol. The van der Waals surface area contributed by atoms with Gasteiger partial charge in [-0.2, -0.15) is 5.10 Å². The van der Waals surface area contributed by atoms with E-state index in [0.717, 1.165) is 37.4 Å². The van der Waals surface area contributed by atoms with Crippen molar-refractivity contribution in [3.8, 4) is 5.82 Å². The molecule has 1 aliphatic rings. The van der Waals surface area contributed by atoms with Gasteiger partial charge in [0.2, 0.25) is 0 Å². The van der Waals surface area contributed by atoms with E-state index in [9.17, 15) is 4.79 Å². The van der Waals surface area contributed by atoms with Gasteiger partial charge in [0.25, 0.3) is 5.91 Å². The Bertz CT molecular complexity index is 662. The number of likely N-dealkylation sites (tertiary alicyclic amines) is 1. The second kappa shape index (κ2) is 9.01. The number of hydrogen-bond donors (Lipinski definition) is 1. The lowest BCUT2D eigenvalue weighted by Gasteiger charge is -2.16. The molecule has 0 saturated carbocycles. The monoisotopic (exact) mass is 371 g/mol. The van der Waals surface area contributed by atoms with Crippen LogP contribution in [-0.2, 0) is 6.42 Å². The van der Waals surface area contributed by atoms with E-state index in [1.165, 1.54) is 0 Å². The van der Waals surface area contributed by atoms with Crippen LogP contribution in [0, 0.1) is 5.92 Å². The van der Waals surface area contributed by atoms with Crippen LogP contribution in [0.3, 0.4) is 0 Å². The van der Waals surface area contributed by atoms with Crippen LogP contribution in [0.1, 0.15) is 29.4 Å². The summed E-state index contributed by atoms with van der Waals surface area (Å²) in [5.74, 6) is 1.20. The van der Waals surface area contributed by atoms with Gasteiger partial charge in [0.15, 0.2) is 5.82 Å². The highest BCUT2D eigenvalue weighted by molar-refractivity contribution is 5.95. The molecule has 24 heavy (non-hydrogen) atoms. The van der Waals surface area contributed by atoms with E-state index in [-0.39, 0.29) is 30.7 Å². The van der Waals surface area contributed by atoms with E-state index in [4.69, 9.17) is 5.73 Å². The summed E-state index contributed by atoms with van der Waals surface area (Å²) >= 11 is 0. The van der Waals surface area contributed by atoms with Crippen molar-refractivity contribution in [2.24, 2.45) is 11.7 Å². The number of aromatic nitrogens is 3. The molecule has 3 heterocycles. The van der Waals surface area contributed by atoms with Gasteiger partial charge in [-0.3, -0.25) is 4.79 Å². The van der Waals surface area contributed by atoms with E-state index in [2.05, 4.69) is 10.1 Å². The Labute approximate surface area is 154 Å². The zero-order valence-electron chi connectivity index (χ0n) is 13.6. The first kappa shape index (κ1) is 20.4. The third kappa shape index (κ3) is 3.88. The molecule has 2 aromatic rings. The first-order chi connectivity index (χ1) is 10.7. The second-order valence-corrected chi connectivity index (χ2v) is 5.60. The molecular formula is C16H23Cl2N5O. The van der Waals surface area contributed by atoms with Crippen molar-refractivity contribution in [3.63, 3.8) is 0 Å². The maximum atomic E-state index is 12.7. The Morgan fingerprint density at radius 2 is 2.17 bits per heavy atom. The minimum absolute atomic E-state index is 0. The van der Waals surface area contributed by atoms with Gasteiger partial charge < -0.3 is 10.6 Å². The van der Waals surface area contributed by atoms with Gasteiger partial charge in [-0.05, 0) is 37.4 Å². The number of nitrogens with zero attached hydrogens (tertiary/aromatic N) is 4. The van der Waals surface area contributed by atoms with Crippen LogP contribution in [0.2, 0.25) is 0 Å². The summed E-state index contributed by atoms with van der Waals surface area (Å²) in [5.41, 5.74) is 7.28. The summed E-state index contributed by atoms with van der Waals surface area (Å²) in [6.45, 7) is 4.18. The molecule has 8 heteroatoms. The fraction of sp³-hybridized carbons (Fsp3) is 0.438.